The second-order valence-corrected chi connectivity index (χ2v) is 8.42. The van der Waals surface area contributed by atoms with Crippen molar-refractivity contribution < 1.29 is 32.9 Å². The monoisotopic (exact) mass is 370 g/mol. The molecule has 0 aromatic rings. The van der Waals surface area contributed by atoms with Crippen LogP contribution < -0.4 is 0 Å². The molecule has 0 saturated carbocycles. The molecule has 0 amide bonds. The van der Waals surface area contributed by atoms with Gasteiger partial charge in [0.05, 0.1) is 0 Å². The SMILES string of the molecule is CCCCCCCCCCCCCCCCCC.[OH][Ti]([OH])([OH])[OH]. The van der Waals surface area contributed by atoms with Crippen molar-refractivity contribution in [2.75, 3.05) is 0 Å². The number of hydrogen-bond acceptors (Lipinski definition) is 4. The van der Waals surface area contributed by atoms with E-state index in [4.69, 9.17) is 14.8 Å². The van der Waals surface area contributed by atoms with Gasteiger partial charge in [-0.05, 0) is 0 Å². The average molecular weight is 370 g/mol. The summed E-state index contributed by atoms with van der Waals surface area (Å²) in [5.74, 6) is 0. The van der Waals surface area contributed by atoms with Crippen LogP contribution in [0, 0.1) is 0 Å². The molecular formula is C18H42O4Ti. The van der Waals surface area contributed by atoms with Crippen LogP contribution in [-0.4, -0.2) is 14.8 Å². The van der Waals surface area contributed by atoms with Gasteiger partial charge >= 0.3 is 32.9 Å². The van der Waals surface area contributed by atoms with Crippen molar-refractivity contribution in [3.05, 3.63) is 0 Å². The van der Waals surface area contributed by atoms with Gasteiger partial charge in [-0.15, -0.1) is 0 Å². The van der Waals surface area contributed by atoms with Crippen LogP contribution >= 0.6 is 0 Å². The average Bonchev–Trinajstić information content (AvgIpc) is 2.46. The Kier molecular flexibility index (Phi) is 23.1. The summed E-state index contributed by atoms with van der Waals surface area (Å²) in [7, 11) is 0. The molecule has 4 N–H and O–H groups in total. The molecule has 0 aliphatic rings. The first-order chi connectivity index (χ1) is 10.9. The van der Waals surface area contributed by atoms with Gasteiger partial charge in [-0.3, -0.25) is 0 Å². The van der Waals surface area contributed by atoms with Crippen LogP contribution in [0.3, 0.4) is 0 Å². The summed E-state index contributed by atoms with van der Waals surface area (Å²) in [4.78, 5) is 0. The minimum atomic E-state index is -5.00. The Bertz CT molecular complexity index is 186. The molecule has 0 heterocycles. The first-order valence-electron chi connectivity index (χ1n) is 9.81. The zero-order valence-corrected chi connectivity index (χ0v) is 17.2. The molecule has 5 heteroatoms. The fourth-order valence-electron chi connectivity index (χ4n) is 2.62. The maximum absolute atomic E-state index is 7.38. The van der Waals surface area contributed by atoms with Crippen molar-refractivity contribution in [3.8, 4) is 0 Å². The van der Waals surface area contributed by atoms with E-state index in [1.165, 1.54) is 103 Å². The van der Waals surface area contributed by atoms with E-state index in [-0.39, 0.29) is 0 Å². The van der Waals surface area contributed by atoms with E-state index >= 15 is 0 Å². The Morgan fingerprint density at radius 1 is 0.391 bits per heavy atom. The topological polar surface area (TPSA) is 80.9 Å². The molecule has 0 fully saturated rings. The Balaban J connectivity index is 0. The van der Waals surface area contributed by atoms with Crippen LogP contribution in [0.25, 0.3) is 0 Å². The van der Waals surface area contributed by atoms with E-state index in [0.717, 1.165) is 0 Å². The summed E-state index contributed by atoms with van der Waals surface area (Å²) in [6.07, 6.45) is 23.4. The summed E-state index contributed by atoms with van der Waals surface area (Å²) in [6.45, 7) is 4.59. The molecule has 0 unspecified atom stereocenters. The van der Waals surface area contributed by atoms with Crippen molar-refractivity contribution in [2.45, 2.75) is 117 Å². The van der Waals surface area contributed by atoms with Gasteiger partial charge in [0.25, 0.3) is 0 Å². The molecule has 0 aromatic heterocycles. The van der Waals surface area contributed by atoms with E-state index in [0.29, 0.717) is 0 Å². The summed E-state index contributed by atoms with van der Waals surface area (Å²) in [6, 6.07) is 0. The number of unbranched alkanes of at least 4 members (excludes halogenated alkanes) is 15. The molecule has 0 saturated heterocycles. The molecule has 0 aromatic carbocycles. The van der Waals surface area contributed by atoms with Gasteiger partial charge in [-0.1, -0.05) is 117 Å². The third-order valence-electron chi connectivity index (χ3n) is 3.96. The number of hydrogen-bond donors (Lipinski definition) is 4. The van der Waals surface area contributed by atoms with Crippen molar-refractivity contribution >= 4 is 0 Å². The van der Waals surface area contributed by atoms with Crippen LogP contribution in [0.2, 0.25) is 0 Å². The molecular weight excluding hydrogens is 328 g/mol. The van der Waals surface area contributed by atoms with Crippen LogP contribution in [0.15, 0.2) is 0 Å². The molecule has 0 atom stereocenters. The molecule has 23 heavy (non-hydrogen) atoms. The van der Waals surface area contributed by atoms with Crippen molar-refractivity contribution in [2.24, 2.45) is 0 Å². The van der Waals surface area contributed by atoms with E-state index in [2.05, 4.69) is 13.8 Å². The molecule has 4 nitrogen and oxygen atoms in total. The van der Waals surface area contributed by atoms with Gasteiger partial charge < -0.3 is 0 Å². The molecule has 142 valence electrons. The van der Waals surface area contributed by atoms with E-state index in [1.807, 2.05) is 0 Å². The zero-order chi connectivity index (χ0) is 17.8. The second-order valence-electron chi connectivity index (χ2n) is 6.55. The van der Waals surface area contributed by atoms with Gasteiger partial charge in [0.1, 0.15) is 0 Å². The summed E-state index contributed by atoms with van der Waals surface area (Å²) >= 11 is -5.00. The first-order valence-corrected chi connectivity index (χ1v) is 12.6. The Morgan fingerprint density at radius 2 is 0.522 bits per heavy atom. The number of rotatable bonds is 15. The Labute approximate surface area is 149 Å². The zero-order valence-electron chi connectivity index (χ0n) is 15.6. The molecule has 0 rings (SSSR count). The Morgan fingerprint density at radius 3 is 0.652 bits per heavy atom. The van der Waals surface area contributed by atoms with Crippen LogP contribution in [-0.2, 0) is 18.1 Å². The Hall–Kier alpha value is 0.554. The molecule has 0 aliphatic carbocycles. The van der Waals surface area contributed by atoms with Crippen molar-refractivity contribution in [3.63, 3.8) is 0 Å². The second kappa shape index (κ2) is 20.6. The third-order valence-corrected chi connectivity index (χ3v) is 3.96. The molecule has 0 bridgehead atoms. The van der Waals surface area contributed by atoms with Crippen LogP contribution in [0.5, 0.6) is 0 Å². The minimum absolute atomic E-state index is 1.37. The van der Waals surface area contributed by atoms with Gasteiger partial charge in [-0.2, -0.15) is 0 Å². The van der Waals surface area contributed by atoms with Gasteiger partial charge in [-0.25, -0.2) is 0 Å². The molecule has 0 spiro atoms. The quantitative estimate of drug-likeness (QED) is 0.241. The van der Waals surface area contributed by atoms with Crippen LogP contribution in [0.1, 0.15) is 117 Å². The van der Waals surface area contributed by atoms with Crippen LogP contribution in [0.4, 0.5) is 0 Å². The normalized spacial score (nSPS) is 11.2. The molecule has 0 aliphatic heterocycles. The predicted octanol–water partition coefficient (Wildman–Crippen LogP) is 5.04. The fourth-order valence-corrected chi connectivity index (χ4v) is 2.62. The van der Waals surface area contributed by atoms with E-state index in [9.17, 15) is 0 Å². The third kappa shape index (κ3) is 39.4. The van der Waals surface area contributed by atoms with E-state index < -0.39 is 18.1 Å². The molecule has 0 radical (unpaired) electrons. The van der Waals surface area contributed by atoms with Crippen molar-refractivity contribution in [1.29, 1.82) is 0 Å². The van der Waals surface area contributed by atoms with Gasteiger partial charge in [0.2, 0.25) is 0 Å². The first kappa shape index (κ1) is 25.8. The summed E-state index contributed by atoms with van der Waals surface area (Å²) in [5, 5.41) is 0. The predicted molar refractivity (Wildman–Crippen MR) is 94.1 cm³/mol. The summed E-state index contributed by atoms with van der Waals surface area (Å²) < 4.78 is 29.5. The summed E-state index contributed by atoms with van der Waals surface area (Å²) in [5.41, 5.74) is 0. The standard InChI is InChI=1S/C18H38.4H2O.Ti/c1-3-5-7-9-11-13-15-17-18-16-14-12-10-8-6-4-2;;;;;/h3-18H2,1-2H3;4*1H2;/q;;;;;+4/p-4. The van der Waals surface area contributed by atoms with E-state index in [1.54, 1.807) is 0 Å². The van der Waals surface area contributed by atoms with Crippen molar-refractivity contribution in [1.82, 2.24) is 0 Å². The van der Waals surface area contributed by atoms with Gasteiger partial charge in [0.15, 0.2) is 0 Å². The fraction of sp³-hybridized carbons (Fsp3) is 1.00. The maximum atomic E-state index is 7.38. The van der Waals surface area contributed by atoms with Gasteiger partial charge in [0, 0.05) is 0 Å².